The van der Waals surface area contributed by atoms with Crippen LogP contribution in [0, 0.1) is 27.7 Å². The van der Waals surface area contributed by atoms with Crippen molar-refractivity contribution in [1.29, 1.82) is 0 Å². The molecule has 2 heterocycles. The van der Waals surface area contributed by atoms with Crippen molar-refractivity contribution in [2.24, 2.45) is 4.99 Å². The Kier molecular flexibility index (Phi) is 6.15. The van der Waals surface area contributed by atoms with E-state index >= 15 is 0 Å². The van der Waals surface area contributed by atoms with Crippen LogP contribution in [-0.2, 0) is 13.0 Å². The van der Waals surface area contributed by atoms with Gasteiger partial charge in [0, 0.05) is 24.4 Å². The summed E-state index contributed by atoms with van der Waals surface area (Å²) >= 11 is 1.76. The number of thiazole rings is 1. The van der Waals surface area contributed by atoms with Gasteiger partial charge in [-0.1, -0.05) is 0 Å². The van der Waals surface area contributed by atoms with Crippen LogP contribution in [0.3, 0.4) is 0 Å². The molecule has 0 saturated heterocycles. The first-order valence-corrected chi connectivity index (χ1v) is 8.69. The van der Waals surface area contributed by atoms with Gasteiger partial charge in [0.1, 0.15) is 12.3 Å². The first kappa shape index (κ1) is 17.5. The normalized spacial score (nSPS) is 11.8. The molecule has 0 aromatic carbocycles. The summed E-state index contributed by atoms with van der Waals surface area (Å²) in [5.74, 6) is 2.26. The van der Waals surface area contributed by atoms with Gasteiger partial charge < -0.3 is 15.1 Å². The number of nitrogens with zero attached hydrogens (tertiary/aromatic N) is 3. The van der Waals surface area contributed by atoms with Crippen LogP contribution in [0.1, 0.15) is 39.8 Å². The molecule has 0 atom stereocenters. The number of rotatable bonds is 6. The van der Waals surface area contributed by atoms with Gasteiger partial charge in [0.05, 0.1) is 16.4 Å². The molecule has 0 amide bonds. The maximum absolute atomic E-state index is 5.55. The fraction of sp³-hybridized carbons (Fsp3) is 0.562. The lowest BCUT2D eigenvalue weighted by Gasteiger charge is -2.09. The molecule has 2 N–H and O–H groups in total. The highest BCUT2D eigenvalue weighted by Gasteiger charge is 2.06. The van der Waals surface area contributed by atoms with Gasteiger partial charge in [-0.2, -0.15) is 0 Å². The Bertz CT molecular complexity index is 635. The van der Waals surface area contributed by atoms with Crippen LogP contribution in [-0.4, -0.2) is 29.0 Å². The topological polar surface area (TPSA) is 75.3 Å². The zero-order valence-electron chi connectivity index (χ0n) is 14.5. The Labute approximate surface area is 141 Å². The molecule has 0 fully saturated rings. The Balaban J connectivity index is 1.88. The average molecular weight is 335 g/mol. The lowest BCUT2D eigenvalue weighted by Crippen LogP contribution is -2.38. The van der Waals surface area contributed by atoms with Crippen molar-refractivity contribution < 1.29 is 4.42 Å². The van der Waals surface area contributed by atoms with Crippen LogP contribution in [0.4, 0.5) is 0 Å². The van der Waals surface area contributed by atoms with E-state index in [-0.39, 0.29) is 0 Å². The predicted molar refractivity (Wildman–Crippen MR) is 94.1 cm³/mol. The molecule has 0 saturated carbocycles. The zero-order chi connectivity index (χ0) is 16.8. The van der Waals surface area contributed by atoms with Crippen LogP contribution in [0.5, 0.6) is 0 Å². The van der Waals surface area contributed by atoms with Crippen molar-refractivity contribution in [2.75, 3.05) is 13.1 Å². The van der Waals surface area contributed by atoms with Crippen LogP contribution in [0.15, 0.2) is 9.41 Å². The van der Waals surface area contributed by atoms with E-state index < -0.39 is 0 Å². The molecule has 2 rings (SSSR count). The molecule has 126 valence electrons. The number of guanidine groups is 1. The number of aliphatic imine (C=N–C) groups is 1. The third-order valence-electron chi connectivity index (χ3n) is 3.49. The molecule has 6 nitrogen and oxygen atoms in total. The van der Waals surface area contributed by atoms with E-state index in [2.05, 4.69) is 39.4 Å². The number of hydrogen-bond donors (Lipinski definition) is 2. The van der Waals surface area contributed by atoms with Gasteiger partial charge in [-0.25, -0.2) is 15.0 Å². The highest BCUT2D eigenvalue weighted by Crippen LogP contribution is 2.16. The van der Waals surface area contributed by atoms with Gasteiger partial charge in [0.2, 0.25) is 5.89 Å². The van der Waals surface area contributed by atoms with Crippen molar-refractivity contribution in [3.8, 4) is 0 Å². The number of hydrogen-bond acceptors (Lipinski definition) is 5. The Morgan fingerprint density at radius 3 is 2.48 bits per heavy atom. The van der Waals surface area contributed by atoms with Crippen molar-refractivity contribution in [1.82, 2.24) is 20.6 Å². The quantitative estimate of drug-likeness (QED) is 0.627. The summed E-state index contributed by atoms with van der Waals surface area (Å²) in [4.78, 5) is 14.7. The van der Waals surface area contributed by atoms with Gasteiger partial charge in [-0.15, -0.1) is 11.3 Å². The van der Waals surface area contributed by atoms with E-state index in [0.29, 0.717) is 12.4 Å². The second kappa shape index (κ2) is 8.10. The van der Waals surface area contributed by atoms with Crippen LogP contribution in [0.25, 0.3) is 0 Å². The number of aryl methyl sites for hydroxylation is 4. The third kappa shape index (κ3) is 5.06. The maximum atomic E-state index is 5.55. The molecule has 0 aliphatic carbocycles. The minimum absolute atomic E-state index is 0.430. The van der Waals surface area contributed by atoms with E-state index in [1.54, 1.807) is 11.3 Å². The fourth-order valence-corrected chi connectivity index (χ4v) is 2.96. The lowest BCUT2D eigenvalue weighted by atomic mass is 10.4. The molecule has 7 heteroatoms. The highest BCUT2D eigenvalue weighted by molar-refractivity contribution is 7.11. The number of oxazole rings is 1. The molecule has 0 bridgehead atoms. The van der Waals surface area contributed by atoms with Gasteiger partial charge in [0.15, 0.2) is 5.96 Å². The highest BCUT2D eigenvalue weighted by atomic mass is 32.1. The minimum atomic E-state index is 0.430. The molecular formula is C16H25N5OS. The molecule has 0 radical (unpaired) electrons. The van der Waals surface area contributed by atoms with E-state index in [1.807, 2.05) is 20.8 Å². The molecule has 0 unspecified atom stereocenters. The third-order valence-corrected chi connectivity index (χ3v) is 4.63. The Morgan fingerprint density at radius 1 is 1.13 bits per heavy atom. The average Bonchev–Trinajstić information content (AvgIpc) is 2.99. The van der Waals surface area contributed by atoms with Crippen LogP contribution in [0.2, 0.25) is 0 Å². The molecule has 23 heavy (non-hydrogen) atoms. The summed E-state index contributed by atoms with van der Waals surface area (Å²) in [6, 6.07) is 0. The molecule has 2 aromatic heterocycles. The van der Waals surface area contributed by atoms with Crippen LogP contribution < -0.4 is 10.6 Å². The van der Waals surface area contributed by atoms with E-state index in [0.717, 1.165) is 47.6 Å². The molecule has 0 aliphatic heterocycles. The first-order chi connectivity index (χ1) is 11.0. The van der Waals surface area contributed by atoms with E-state index in [9.17, 15) is 0 Å². The smallest absolute Gasteiger partial charge is 0.216 e. The number of aromatic nitrogens is 2. The second-order valence-corrected chi connectivity index (χ2v) is 6.66. The fourth-order valence-electron chi connectivity index (χ4n) is 2.03. The minimum Gasteiger partial charge on any atom is -0.444 e. The van der Waals surface area contributed by atoms with Crippen LogP contribution >= 0.6 is 11.3 Å². The van der Waals surface area contributed by atoms with Crippen molar-refractivity contribution in [2.45, 2.75) is 47.6 Å². The van der Waals surface area contributed by atoms with Crippen molar-refractivity contribution >= 4 is 17.3 Å². The summed E-state index contributed by atoms with van der Waals surface area (Å²) in [5.41, 5.74) is 2.04. The Hall–Kier alpha value is -1.89. The molecular weight excluding hydrogens is 310 g/mol. The Morgan fingerprint density at radius 2 is 1.91 bits per heavy atom. The summed E-state index contributed by atoms with van der Waals surface area (Å²) in [6.07, 6.45) is 0.890. The summed E-state index contributed by atoms with van der Waals surface area (Å²) in [7, 11) is 0. The first-order valence-electron chi connectivity index (χ1n) is 7.87. The van der Waals surface area contributed by atoms with E-state index in [1.165, 1.54) is 4.88 Å². The van der Waals surface area contributed by atoms with Gasteiger partial charge in [-0.3, -0.25) is 0 Å². The lowest BCUT2D eigenvalue weighted by molar-refractivity contribution is 0.473. The standard InChI is InChI=1S/C16H25N5OS/c1-6-17-16(19-9-14-20-10(2)12(4)22-14)18-8-7-15-21-11(3)13(5)23-15/h6-9H2,1-5H3,(H2,17,18,19). The number of nitrogens with one attached hydrogen (secondary N) is 2. The van der Waals surface area contributed by atoms with Gasteiger partial charge in [0.25, 0.3) is 0 Å². The predicted octanol–water partition coefficient (Wildman–Crippen LogP) is 2.66. The van der Waals surface area contributed by atoms with E-state index in [4.69, 9.17) is 4.42 Å². The van der Waals surface area contributed by atoms with Crippen molar-refractivity contribution in [3.05, 3.63) is 32.9 Å². The maximum Gasteiger partial charge on any atom is 0.216 e. The van der Waals surface area contributed by atoms with Crippen molar-refractivity contribution in [3.63, 3.8) is 0 Å². The van der Waals surface area contributed by atoms with Gasteiger partial charge >= 0.3 is 0 Å². The largest absolute Gasteiger partial charge is 0.444 e. The summed E-state index contributed by atoms with van der Waals surface area (Å²) < 4.78 is 5.55. The zero-order valence-corrected chi connectivity index (χ0v) is 15.3. The summed E-state index contributed by atoms with van der Waals surface area (Å²) in [5, 5.41) is 7.71. The van der Waals surface area contributed by atoms with Gasteiger partial charge in [-0.05, 0) is 34.6 Å². The molecule has 0 spiro atoms. The summed E-state index contributed by atoms with van der Waals surface area (Å²) in [6.45, 7) is 12.1. The monoisotopic (exact) mass is 335 g/mol. The molecule has 2 aromatic rings. The molecule has 0 aliphatic rings. The second-order valence-electron chi connectivity index (χ2n) is 5.37. The SMILES string of the molecule is CCNC(=NCc1nc(C)c(C)o1)NCCc1nc(C)c(C)s1.